The van der Waals surface area contributed by atoms with Gasteiger partial charge in [0.15, 0.2) is 5.60 Å². The highest BCUT2D eigenvalue weighted by molar-refractivity contribution is 7.10. The lowest BCUT2D eigenvalue weighted by atomic mass is 9.98. The molecule has 0 unspecified atom stereocenters. The monoisotopic (exact) mass is 381 g/mol. The van der Waals surface area contributed by atoms with E-state index in [2.05, 4.69) is 5.32 Å². The van der Waals surface area contributed by atoms with Gasteiger partial charge >= 0.3 is 6.18 Å². The maximum absolute atomic E-state index is 12.8. The third-order valence-electron chi connectivity index (χ3n) is 3.81. The van der Waals surface area contributed by atoms with Crippen LogP contribution in [-0.2, 0) is 11.8 Å². The Hall–Kier alpha value is -2.58. The molecule has 8 heteroatoms. The minimum Gasteiger partial charge on any atom is -0.466 e. The molecule has 0 aliphatic carbocycles. The van der Waals surface area contributed by atoms with Crippen LogP contribution in [0.25, 0.3) is 0 Å². The Morgan fingerprint density at radius 2 is 1.96 bits per heavy atom. The quantitative estimate of drug-likeness (QED) is 0.702. The maximum Gasteiger partial charge on any atom is 0.416 e. The average Bonchev–Trinajstić information content (AvgIpc) is 3.32. The van der Waals surface area contributed by atoms with Crippen LogP contribution in [0.2, 0.25) is 0 Å². The van der Waals surface area contributed by atoms with E-state index in [0.29, 0.717) is 4.88 Å². The van der Waals surface area contributed by atoms with Gasteiger partial charge < -0.3 is 14.8 Å². The van der Waals surface area contributed by atoms with Crippen molar-refractivity contribution in [1.29, 1.82) is 0 Å². The number of amides is 1. The van der Waals surface area contributed by atoms with E-state index in [1.54, 1.807) is 29.6 Å². The number of alkyl halides is 3. The van der Waals surface area contributed by atoms with Crippen molar-refractivity contribution in [1.82, 2.24) is 5.32 Å². The van der Waals surface area contributed by atoms with Gasteiger partial charge in [-0.25, -0.2) is 0 Å². The number of furan rings is 1. The number of aliphatic hydroxyl groups is 1. The summed E-state index contributed by atoms with van der Waals surface area (Å²) in [6.07, 6.45) is -3.15. The summed E-state index contributed by atoms with van der Waals surface area (Å²) in [4.78, 5) is 12.8. The summed E-state index contributed by atoms with van der Waals surface area (Å²) in [7, 11) is 0. The van der Waals surface area contributed by atoms with Crippen LogP contribution in [0.5, 0.6) is 0 Å². The molecule has 1 amide bonds. The van der Waals surface area contributed by atoms with Crippen LogP contribution in [0.4, 0.5) is 13.2 Å². The lowest BCUT2D eigenvalue weighted by Gasteiger charge is -2.25. The second-order valence-corrected chi connectivity index (χ2v) is 6.52. The first-order chi connectivity index (χ1) is 12.3. The van der Waals surface area contributed by atoms with E-state index in [1.807, 2.05) is 0 Å². The number of halogens is 3. The fourth-order valence-corrected chi connectivity index (χ4v) is 3.30. The predicted octanol–water partition coefficient (Wildman–Crippen LogP) is 4.03. The van der Waals surface area contributed by atoms with Crippen molar-refractivity contribution in [3.63, 3.8) is 0 Å². The highest BCUT2D eigenvalue weighted by atomic mass is 32.1. The van der Waals surface area contributed by atoms with Gasteiger partial charge in [0.2, 0.25) is 0 Å². The normalized spacial score (nSPS) is 14.0. The fraction of sp³-hybridized carbons (Fsp3) is 0.167. The molecule has 0 aliphatic heterocycles. The molecule has 4 nitrogen and oxygen atoms in total. The van der Waals surface area contributed by atoms with Crippen molar-refractivity contribution >= 4 is 17.2 Å². The number of rotatable bonds is 5. The Balaban J connectivity index is 1.81. The van der Waals surface area contributed by atoms with Crippen molar-refractivity contribution in [2.75, 3.05) is 6.54 Å². The molecule has 26 heavy (non-hydrogen) atoms. The number of hydrogen-bond acceptors (Lipinski definition) is 4. The van der Waals surface area contributed by atoms with E-state index in [-0.39, 0.29) is 17.9 Å². The highest BCUT2D eigenvalue weighted by Gasteiger charge is 2.36. The lowest BCUT2D eigenvalue weighted by Crippen LogP contribution is -2.41. The van der Waals surface area contributed by atoms with Gasteiger partial charge in [0, 0.05) is 10.4 Å². The van der Waals surface area contributed by atoms with Gasteiger partial charge in [-0.15, -0.1) is 11.3 Å². The molecule has 1 atom stereocenters. The summed E-state index contributed by atoms with van der Waals surface area (Å²) >= 11 is 1.27. The molecule has 0 saturated carbocycles. The van der Waals surface area contributed by atoms with Crippen LogP contribution in [-0.4, -0.2) is 17.6 Å². The number of carbonyl (C=O) groups excluding carboxylic acids is 1. The smallest absolute Gasteiger partial charge is 0.416 e. The van der Waals surface area contributed by atoms with E-state index in [4.69, 9.17) is 4.42 Å². The zero-order valence-electron chi connectivity index (χ0n) is 13.3. The molecule has 0 saturated heterocycles. The fourth-order valence-electron chi connectivity index (χ4n) is 2.47. The second kappa shape index (κ2) is 6.97. The van der Waals surface area contributed by atoms with Crippen LogP contribution < -0.4 is 5.32 Å². The Kier molecular flexibility index (Phi) is 4.88. The zero-order valence-corrected chi connectivity index (χ0v) is 14.1. The molecular weight excluding hydrogens is 367 g/mol. The number of benzene rings is 1. The summed E-state index contributed by atoms with van der Waals surface area (Å²) in [5.41, 5.74) is -2.67. The average molecular weight is 381 g/mol. The second-order valence-electron chi connectivity index (χ2n) is 5.58. The van der Waals surface area contributed by atoms with Crippen molar-refractivity contribution in [3.05, 3.63) is 81.9 Å². The SMILES string of the molecule is O=C(NC[C@](O)(c1ccco1)c1cccs1)c1cccc(C(F)(F)F)c1. The van der Waals surface area contributed by atoms with Crippen LogP contribution >= 0.6 is 11.3 Å². The molecule has 0 bridgehead atoms. The zero-order chi connectivity index (χ0) is 18.8. The van der Waals surface area contributed by atoms with E-state index in [0.717, 1.165) is 18.2 Å². The minimum atomic E-state index is -4.54. The molecule has 3 aromatic rings. The molecule has 0 aliphatic rings. The molecule has 136 valence electrons. The molecular formula is C18H14F3NO3S. The van der Waals surface area contributed by atoms with Gasteiger partial charge in [0.25, 0.3) is 5.91 Å². The third kappa shape index (κ3) is 3.66. The Morgan fingerprint density at radius 1 is 1.15 bits per heavy atom. The van der Waals surface area contributed by atoms with Crippen LogP contribution in [0.15, 0.2) is 64.6 Å². The van der Waals surface area contributed by atoms with Gasteiger partial charge in [-0.1, -0.05) is 12.1 Å². The van der Waals surface area contributed by atoms with E-state index >= 15 is 0 Å². The Labute approximate surface area is 150 Å². The molecule has 2 N–H and O–H groups in total. The molecule has 1 aromatic carbocycles. The Morgan fingerprint density at radius 3 is 2.58 bits per heavy atom. The number of thiophene rings is 1. The first-order valence-corrected chi connectivity index (χ1v) is 8.44. The molecule has 2 aromatic heterocycles. The van der Waals surface area contributed by atoms with Crippen LogP contribution in [0.1, 0.15) is 26.6 Å². The number of hydrogen-bond donors (Lipinski definition) is 2. The van der Waals surface area contributed by atoms with Gasteiger partial charge in [-0.3, -0.25) is 4.79 Å². The summed E-state index contributed by atoms with van der Waals surface area (Å²) in [6, 6.07) is 10.7. The van der Waals surface area contributed by atoms with Crippen molar-refractivity contribution in [2.45, 2.75) is 11.8 Å². The third-order valence-corrected chi connectivity index (χ3v) is 4.84. The van der Waals surface area contributed by atoms with Crippen molar-refractivity contribution in [3.8, 4) is 0 Å². The molecule has 0 spiro atoms. The largest absolute Gasteiger partial charge is 0.466 e. The van der Waals surface area contributed by atoms with Crippen molar-refractivity contribution in [2.24, 2.45) is 0 Å². The minimum absolute atomic E-state index is 0.146. The Bertz CT molecular complexity index is 839. The van der Waals surface area contributed by atoms with Crippen LogP contribution in [0, 0.1) is 0 Å². The van der Waals surface area contributed by atoms with Crippen molar-refractivity contribution < 1.29 is 27.5 Å². The standard InChI is InChI=1S/C18H14F3NO3S/c19-18(20,21)13-5-1-4-12(10-13)16(23)22-11-17(24,14-6-2-8-25-14)15-7-3-9-26-15/h1-10,24H,11H2,(H,22,23)/t17-/m0/s1. The maximum atomic E-state index is 12.8. The molecule has 0 radical (unpaired) electrons. The van der Waals surface area contributed by atoms with E-state index in [1.165, 1.54) is 23.7 Å². The summed E-state index contributed by atoms with van der Waals surface area (Å²) in [5.74, 6) is -0.498. The molecule has 3 rings (SSSR count). The van der Waals surface area contributed by atoms with Gasteiger partial charge in [0.1, 0.15) is 5.76 Å². The number of carbonyl (C=O) groups is 1. The predicted molar refractivity (Wildman–Crippen MR) is 89.8 cm³/mol. The van der Waals surface area contributed by atoms with E-state index < -0.39 is 23.2 Å². The first-order valence-electron chi connectivity index (χ1n) is 7.56. The summed E-state index contributed by atoms with van der Waals surface area (Å²) in [5, 5.41) is 15.3. The molecule has 2 heterocycles. The topological polar surface area (TPSA) is 62.5 Å². The summed E-state index contributed by atoms with van der Waals surface area (Å²) < 4.78 is 43.7. The van der Waals surface area contributed by atoms with Gasteiger partial charge in [-0.2, -0.15) is 13.2 Å². The van der Waals surface area contributed by atoms with Gasteiger partial charge in [-0.05, 0) is 41.8 Å². The lowest BCUT2D eigenvalue weighted by molar-refractivity contribution is -0.137. The highest BCUT2D eigenvalue weighted by Crippen LogP contribution is 2.33. The van der Waals surface area contributed by atoms with Crippen LogP contribution in [0.3, 0.4) is 0 Å². The first kappa shape index (κ1) is 18.2. The van der Waals surface area contributed by atoms with Gasteiger partial charge in [0.05, 0.1) is 18.4 Å². The molecule has 0 fully saturated rings. The van der Waals surface area contributed by atoms with E-state index in [9.17, 15) is 23.1 Å². The summed E-state index contributed by atoms with van der Waals surface area (Å²) in [6.45, 7) is -0.254. The number of nitrogens with one attached hydrogen (secondary N) is 1.